The van der Waals surface area contributed by atoms with Gasteiger partial charge in [-0.2, -0.15) is 0 Å². The van der Waals surface area contributed by atoms with E-state index in [9.17, 15) is 4.79 Å². The molecule has 4 nitrogen and oxygen atoms in total. The molecule has 1 unspecified atom stereocenters. The first-order chi connectivity index (χ1) is 11.2. The summed E-state index contributed by atoms with van der Waals surface area (Å²) in [6.07, 6.45) is 0.991. The number of amides is 1. The molecule has 1 atom stereocenters. The lowest BCUT2D eigenvalue weighted by Crippen LogP contribution is -2.38. The van der Waals surface area contributed by atoms with Crippen LogP contribution in [0.25, 0.3) is 21.7 Å². The lowest BCUT2D eigenvalue weighted by atomic mass is 10.1. The Balaban J connectivity index is 0.00000169. The molecule has 1 aliphatic rings. The average molecular weight is 345 g/mol. The molecule has 0 aliphatic carbocycles. The molecule has 1 amide bonds. The van der Waals surface area contributed by atoms with Crippen LogP contribution in [0, 0.1) is 6.92 Å². The highest BCUT2D eigenvalue weighted by Crippen LogP contribution is 2.32. The van der Waals surface area contributed by atoms with Crippen LogP contribution in [0.15, 0.2) is 40.8 Å². The fraction of sp³-hybridized carbons (Fsp3) is 0.316. The van der Waals surface area contributed by atoms with Crippen LogP contribution in [0.1, 0.15) is 22.5 Å². The summed E-state index contributed by atoms with van der Waals surface area (Å²) in [6, 6.07) is 12.5. The maximum atomic E-state index is 12.9. The van der Waals surface area contributed by atoms with Crippen molar-refractivity contribution in [1.82, 2.24) is 10.2 Å². The zero-order chi connectivity index (χ0) is 16.0. The maximum absolute atomic E-state index is 12.9. The Morgan fingerprint density at radius 1 is 1.21 bits per heavy atom. The highest BCUT2D eigenvalue weighted by Gasteiger charge is 2.28. The van der Waals surface area contributed by atoms with Crippen LogP contribution in [-0.4, -0.2) is 37.0 Å². The Labute approximate surface area is 147 Å². The SMILES string of the molecule is Cc1c(C(=O)N(C)C2CCNC2)oc2c1ccc1ccccc12.Cl. The van der Waals surface area contributed by atoms with Crippen molar-refractivity contribution in [1.29, 1.82) is 0 Å². The second-order valence-corrected chi connectivity index (χ2v) is 6.28. The summed E-state index contributed by atoms with van der Waals surface area (Å²) in [4.78, 5) is 14.7. The number of benzene rings is 2. The molecule has 126 valence electrons. The van der Waals surface area contributed by atoms with Gasteiger partial charge in [-0.1, -0.05) is 36.4 Å². The monoisotopic (exact) mass is 344 g/mol. The van der Waals surface area contributed by atoms with Crippen LogP contribution in [0.3, 0.4) is 0 Å². The van der Waals surface area contributed by atoms with Crippen LogP contribution < -0.4 is 5.32 Å². The molecule has 0 saturated carbocycles. The molecule has 1 saturated heterocycles. The number of nitrogens with zero attached hydrogens (tertiary/aromatic N) is 1. The summed E-state index contributed by atoms with van der Waals surface area (Å²) in [5.41, 5.74) is 1.73. The van der Waals surface area contributed by atoms with Gasteiger partial charge in [0.15, 0.2) is 5.76 Å². The smallest absolute Gasteiger partial charge is 0.289 e. The van der Waals surface area contributed by atoms with E-state index in [-0.39, 0.29) is 24.4 Å². The first-order valence-corrected chi connectivity index (χ1v) is 8.05. The highest BCUT2D eigenvalue weighted by atomic mass is 35.5. The Morgan fingerprint density at radius 2 is 2.00 bits per heavy atom. The minimum absolute atomic E-state index is 0. The van der Waals surface area contributed by atoms with Gasteiger partial charge in [0, 0.05) is 36.0 Å². The number of furan rings is 1. The third-order valence-electron chi connectivity index (χ3n) is 4.92. The van der Waals surface area contributed by atoms with Crippen molar-refractivity contribution < 1.29 is 9.21 Å². The van der Waals surface area contributed by atoms with Gasteiger partial charge in [0.2, 0.25) is 0 Å². The zero-order valence-corrected chi connectivity index (χ0v) is 14.7. The number of hydrogen-bond acceptors (Lipinski definition) is 3. The van der Waals surface area contributed by atoms with E-state index in [1.54, 1.807) is 0 Å². The van der Waals surface area contributed by atoms with Crippen molar-refractivity contribution in [3.05, 3.63) is 47.7 Å². The molecule has 2 heterocycles. The van der Waals surface area contributed by atoms with Gasteiger partial charge in [-0.05, 0) is 25.3 Å². The normalized spacial score (nSPS) is 17.2. The largest absolute Gasteiger partial charge is 0.450 e. The quantitative estimate of drug-likeness (QED) is 0.770. The Morgan fingerprint density at radius 3 is 2.75 bits per heavy atom. The van der Waals surface area contributed by atoms with Crippen molar-refractivity contribution in [2.75, 3.05) is 20.1 Å². The van der Waals surface area contributed by atoms with Gasteiger partial charge in [0.05, 0.1) is 0 Å². The van der Waals surface area contributed by atoms with Crippen molar-refractivity contribution in [3.63, 3.8) is 0 Å². The lowest BCUT2D eigenvalue weighted by Gasteiger charge is -2.22. The Bertz CT molecular complexity index is 897. The molecule has 1 aromatic heterocycles. The fourth-order valence-corrected chi connectivity index (χ4v) is 3.45. The summed E-state index contributed by atoms with van der Waals surface area (Å²) in [5, 5.41) is 6.50. The van der Waals surface area contributed by atoms with Gasteiger partial charge >= 0.3 is 0 Å². The van der Waals surface area contributed by atoms with Gasteiger partial charge in [0.25, 0.3) is 5.91 Å². The van der Waals surface area contributed by atoms with E-state index in [1.165, 1.54) is 0 Å². The minimum atomic E-state index is -0.0310. The molecule has 3 aromatic rings. The third kappa shape index (κ3) is 2.56. The molecular formula is C19H21ClN2O2. The minimum Gasteiger partial charge on any atom is -0.450 e. The molecule has 1 fully saturated rings. The molecule has 2 aromatic carbocycles. The number of halogens is 1. The number of carbonyl (C=O) groups is 1. The van der Waals surface area contributed by atoms with Gasteiger partial charge < -0.3 is 14.6 Å². The van der Waals surface area contributed by atoms with E-state index in [0.29, 0.717) is 5.76 Å². The lowest BCUT2D eigenvalue weighted by molar-refractivity contribution is 0.0713. The molecule has 5 heteroatoms. The van der Waals surface area contributed by atoms with Crippen LogP contribution in [0.5, 0.6) is 0 Å². The summed E-state index contributed by atoms with van der Waals surface area (Å²) >= 11 is 0. The third-order valence-corrected chi connectivity index (χ3v) is 4.92. The number of fused-ring (bicyclic) bond motifs is 3. The summed E-state index contributed by atoms with van der Waals surface area (Å²) < 4.78 is 6.04. The number of likely N-dealkylation sites (N-methyl/N-ethyl adjacent to an activating group) is 1. The van der Waals surface area contributed by atoms with Crippen molar-refractivity contribution >= 4 is 40.1 Å². The molecule has 1 aliphatic heterocycles. The number of rotatable bonds is 2. The topological polar surface area (TPSA) is 45.5 Å². The fourth-order valence-electron chi connectivity index (χ4n) is 3.45. The van der Waals surface area contributed by atoms with Crippen LogP contribution in [0.4, 0.5) is 0 Å². The number of aryl methyl sites for hydroxylation is 1. The highest BCUT2D eigenvalue weighted by molar-refractivity contribution is 6.08. The molecule has 0 bridgehead atoms. The maximum Gasteiger partial charge on any atom is 0.289 e. The van der Waals surface area contributed by atoms with Crippen molar-refractivity contribution in [3.8, 4) is 0 Å². The van der Waals surface area contributed by atoms with E-state index in [4.69, 9.17) is 4.42 Å². The van der Waals surface area contributed by atoms with Crippen molar-refractivity contribution in [2.24, 2.45) is 0 Å². The van der Waals surface area contributed by atoms with E-state index in [1.807, 2.05) is 43.1 Å². The number of hydrogen-bond donors (Lipinski definition) is 1. The number of nitrogens with one attached hydrogen (secondary N) is 1. The summed E-state index contributed by atoms with van der Waals surface area (Å²) in [7, 11) is 1.87. The van der Waals surface area contributed by atoms with Crippen LogP contribution in [0.2, 0.25) is 0 Å². The van der Waals surface area contributed by atoms with E-state index >= 15 is 0 Å². The van der Waals surface area contributed by atoms with Crippen LogP contribution in [-0.2, 0) is 0 Å². The van der Waals surface area contributed by atoms with E-state index in [0.717, 1.165) is 46.8 Å². The van der Waals surface area contributed by atoms with Crippen LogP contribution >= 0.6 is 12.4 Å². The van der Waals surface area contributed by atoms with Gasteiger partial charge in [0.1, 0.15) is 5.58 Å². The molecule has 0 spiro atoms. The second-order valence-electron chi connectivity index (χ2n) is 6.28. The van der Waals surface area contributed by atoms with Gasteiger partial charge in [-0.3, -0.25) is 4.79 Å². The van der Waals surface area contributed by atoms with E-state index in [2.05, 4.69) is 17.4 Å². The first kappa shape index (κ1) is 16.8. The Kier molecular flexibility index (Phi) is 4.52. The zero-order valence-electron chi connectivity index (χ0n) is 13.8. The summed E-state index contributed by atoms with van der Waals surface area (Å²) in [5.74, 6) is 0.433. The molecular weight excluding hydrogens is 324 g/mol. The van der Waals surface area contributed by atoms with Gasteiger partial charge in [-0.15, -0.1) is 12.4 Å². The molecule has 0 radical (unpaired) electrons. The predicted molar refractivity (Wildman–Crippen MR) is 99.1 cm³/mol. The van der Waals surface area contributed by atoms with E-state index < -0.39 is 0 Å². The molecule has 4 rings (SSSR count). The first-order valence-electron chi connectivity index (χ1n) is 8.05. The van der Waals surface area contributed by atoms with Gasteiger partial charge in [-0.25, -0.2) is 0 Å². The Hall–Kier alpha value is -2.04. The second kappa shape index (κ2) is 6.46. The molecule has 24 heavy (non-hydrogen) atoms. The standard InChI is InChI=1S/C19H20N2O2.ClH/c1-12-15-8-7-13-5-3-4-6-16(13)18(15)23-17(12)19(22)21(2)14-9-10-20-11-14;/h3-8,14,20H,9-11H2,1-2H3;1H. The van der Waals surface area contributed by atoms with Crippen molar-refractivity contribution in [2.45, 2.75) is 19.4 Å². The summed E-state index contributed by atoms with van der Waals surface area (Å²) in [6.45, 7) is 3.78. The predicted octanol–water partition coefficient (Wildman–Crippen LogP) is 3.75. The number of carbonyl (C=O) groups excluding carboxylic acids is 1. The average Bonchev–Trinajstić information content (AvgIpc) is 3.22. The molecule has 1 N–H and O–H groups in total.